The summed E-state index contributed by atoms with van der Waals surface area (Å²) in [5, 5.41) is 2.70. The second-order valence-electron chi connectivity index (χ2n) is 4.92. The van der Waals surface area contributed by atoms with Crippen LogP contribution < -0.4 is 5.73 Å². The first-order valence-corrected chi connectivity index (χ1v) is 6.27. The maximum atomic E-state index is 5.95. The topological polar surface area (TPSA) is 29.3 Å². The summed E-state index contributed by atoms with van der Waals surface area (Å²) in [6, 6.07) is 15.5. The van der Waals surface area contributed by atoms with E-state index in [0.717, 1.165) is 26.1 Å². The van der Waals surface area contributed by atoms with Crippen LogP contribution >= 0.6 is 12.4 Å². The Hall–Kier alpha value is -1.09. The van der Waals surface area contributed by atoms with Gasteiger partial charge in [-0.2, -0.15) is 0 Å². The van der Waals surface area contributed by atoms with E-state index in [9.17, 15) is 0 Å². The fraction of sp³-hybridized carbons (Fsp3) is 0.333. The third-order valence-corrected chi connectivity index (χ3v) is 3.58. The first-order valence-electron chi connectivity index (χ1n) is 6.27. The lowest BCUT2D eigenvalue weighted by Crippen LogP contribution is -2.26. The van der Waals surface area contributed by atoms with Gasteiger partial charge in [0, 0.05) is 25.7 Å². The van der Waals surface area contributed by atoms with Gasteiger partial charge in [0.1, 0.15) is 0 Å². The lowest BCUT2D eigenvalue weighted by molar-refractivity contribution is 0.328. The van der Waals surface area contributed by atoms with E-state index in [1.807, 2.05) is 0 Å². The van der Waals surface area contributed by atoms with Crippen LogP contribution in [0.25, 0.3) is 10.8 Å². The Balaban J connectivity index is 0.00000120. The average molecular weight is 263 g/mol. The molecule has 0 aromatic heterocycles. The highest BCUT2D eigenvalue weighted by Gasteiger charge is 2.19. The average Bonchev–Trinajstić information content (AvgIpc) is 2.75. The SMILES string of the molecule is Cl.NC1CCN(Cc2cccc3ccccc23)C1. The van der Waals surface area contributed by atoms with Crippen LogP contribution in [0.3, 0.4) is 0 Å². The Labute approximate surface area is 114 Å². The number of nitrogens with zero attached hydrogens (tertiary/aromatic N) is 1. The van der Waals surface area contributed by atoms with E-state index in [4.69, 9.17) is 5.73 Å². The monoisotopic (exact) mass is 262 g/mol. The predicted octanol–water partition coefficient (Wildman–Crippen LogP) is 2.79. The molecule has 3 heteroatoms. The fourth-order valence-corrected chi connectivity index (χ4v) is 2.68. The van der Waals surface area contributed by atoms with Crippen molar-refractivity contribution in [1.82, 2.24) is 4.90 Å². The van der Waals surface area contributed by atoms with E-state index < -0.39 is 0 Å². The zero-order valence-electron chi connectivity index (χ0n) is 10.4. The molecule has 1 heterocycles. The molecule has 0 aliphatic carbocycles. The van der Waals surface area contributed by atoms with Crippen LogP contribution in [0.5, 0.6) is 0 Å². The maximum absolute atomic E-state index is 5.95. The normalized spacial score (nSPS) is 19.9. The fourth-order valence-electron chi connectivity index (χ4n) is 2.68. The second kappa shape index (κ2) is 5.70. The smallest absolute Gasteiger partial charge is 0.0240 e. The van der Waals surface area contributed by atoms with E-state index in [1.54, 1.807) is 0 Å². The molecule has 0 radical (unpaired) electrons. The number of nitrogens with two attached hydrogens (primary N) is 1. The van der Waals surface area contributed by atoms with Crippen molar-refractivity contribution in [2.75, 3.05) is 13.1 Å². The minimum Gasteiger partial charge on any atom is -0.326 e. The largest absolute Gasteiger partial charge is 0.326 e. The molecule has 1 aliphatic rings. The number of benzene rings is 2. The zero-order chi connectivity index (χ0) is 11.7. The summed E-state index contributed by atoms with van der Waals surface area (Å²) in [5.41, 5.74) is 7.36. The number of likely N-dealkylation sites (tertiary alicyclic amines) is 1. The van der Waals surface area contributed by atoms with Gasteiger partial charge in [-0.15, -0.1) is 12.4 Å². The molecule has 0 bridgehead atoms. The summed E-state index contributed by atoms with van der Waals surface area (Å²) in [5.74, 6) is 0. The van der Waals surface area contributed by atoms with Gasteiger partial charge >= 0.3 is 0 Å². The molecular weight excluding hydrogens is 244 g/mol. The van der Waals surface area contributed by atoms with Crippen LogP contribution in [0.2, 0.25) is 0 Å². The minimum absolute atomic E-state index is 0. The molecule has 3 rings (SSSR count). The van der Waals surface area contributed by atoms with Crippen LogP contribution in [0.1, 0.15) is 12.0 Å². The molecule has 0 spiro atoms. The first-order chi connectivity index (χ1) is 8.33. The van der Waals surface area contributed by atoms with Gasteiger partial charge < -0.3 is 5.73 Å². The second-order valence-corrected chi connectivity index (χ2v) is 4.92. The van der Waals surface area contributed by atoms with Gasteiger partial charge in [0.15, 0.2) is 0 Å². The number of fused-ring (bicyclic) bond motifs is 1. The Morgan fingerprint density at radius 3 is 2.67 bits per heavy atom. The summed E-state index contributed by atoms with van der Waals surface area (Å²) >= 11 is 0. The molecule has 1 atom stereocenters. The highest BCUT2D eigenvalue weighted by atomic mass is 35.5. The van der Waals surface area contributed by atoms with Crippen molar-refractivity contribution in [3.05, 3.63) is 48.0 Å². The Morgan fingerprint density at radius 1 is 1.11 bits per heavy atom. The summed E-state index contributed by atoms with van der Waals surface area (Å²) in [6.07, 6.45) is 1.13. The molecule has 18 heavy (non-hydrogen) atoms. The lowest BCUT2D eigenvalue weighted by Gasteiger charge is -2.16. The number of halogens is 1. The van der Waals surface area contributed by atoms with Gasteiger partial charge in [0.25, 0.3) is 0 Å². The Kier molecular flexibility index (Phi) is 4.23. The maximum Gasteiger partial charge on any atom is 0.0240 e. The molecule has 2 aromatic carbocycles. The van der Waals surface area contributed by atoms with Crippen molar-refractivity contribution in [3.8, 4) is 0 Å². The van der Waals surface area contributed by atoms with Crippen molar-refractivity contribution in [2.45, 2.75) is 19.0 Å². The Bertz CT molecular complexity index is 521. The quantitative estimate of drug-likeness (QED) is 0.902. The molecular formula is C15H19ClN2. The molecule has 0 amide bonds. The highest BCUT2D eigenvalue weighted by Crippen LogP contribution is 2.21. The van der Waals surface area contributed by atoms with Crippen molar-refractivity contribution in [2.24, 2.45) is 5.73 Å². The standard InChI is InChI=1S/C15H18N2.ClH/c16-14-8-9-17(11-14)10-13-6-3-5-12-4-1-2-7-15(12)13;/h1-7,14H,8-11,16H2;1H. The van der Waals surface area contributed by atoms with E-state index >= 15 is 0 Å². The molecule has 1 saturated heterocycles. The van der Waals surface area contributed by atoms with E-state index in [-0.39, 0.29) is 12.4 Å². The van der Waals surface area contributed by atoms with Crippen LogP contribution in [0, 0.1) is 0 Å². The summed E-state index contributed by atoms with van der Waals surface area (Å²) < 4.78 is 0. The van der Waals surface area contributed by atoms with Gasteiger partial charge in [-0.05, 0) is 22.8 Å². The molecule has 1 fully saturated rings. The summed E-state index contributed by atoms with van der Waals surface area (Å²) in [4.78, 5) is 2.45. The van der Waals surface area contributed by atoms with Crippen LogP contribution in [-0.4, -0.2) is 24.0 Å². The van der Waals surface area contributed by atoms with Crippen molar-refractivity contribution < 1.29 is 0 Å². The van der Waals surface area contributed by atoms with E-state index in [2.05, 4.69) is 47.4 Å². The van der Waals surface area contributed by atoms with Gasteiger partial charge in [0.2, 0.25) is 0 Å². The minimum atomic E-state index is 0. The van der Waals surface area contributed by atoms with Crippen molar-refractivity contribution in [1.29, 1.82) is 0 Å². The van der Waals surface area contributed by atoms with Crippen molar-refractivity contribution >= 4 is 23.2 Å². The summed E-state index contributed by atoms with van der Waals surface area (Å²) in [6.45, 7) is 3.18. The number of hydrogen-bond acceptors (Lipinski definition) is 2. The lowest BCUT2D eigenvalue weighted by atomic mass is 10.0. The van der Waals surface area contributed by atoms with Crippen LogP contribution in [0.15, 0.2) is 42.5 Å². The first kappa shape index (κ1) is 13.3. The molecule has 0 saturated carbocycles. The predicted molar refractivity (Wildman–Crippen MR) is 79.1 cm³/mol. The van der Waals surface area contributed by atoms with E-state index in [0.29, 0.717) is 6.04 Å². The molecule has 2 N–H and O–H groups in total. The molecule has 1 aliphatic heterocycles. The number of hydrogen-bond donors (Lipinski definition) is 1. The molecule has 2 aromatic rings. The van der Waals surface area contributed by atoms with Crippen LogP contribution in [-0.2, 0) is 6.54 Å². The molecule has 2 nitrogen and oxygen atoms in total. The van der Waals surface area contributed by atoms with Gasteiger partial charge in [-0.25, -0.2) is 0 Å². The molecule has 96 valence electrons. The third kappa shape index (κ3) is 2.66. The van der Waals surface area contributed by atoms with Gasteiger partial charge in [-0.3, -0.25) is 4.90 Å². The van der Waals surface area contributed by atoms with Crippen LogP contribution in [0.4, 0.5) is 0 Å². The highest BCUT2D eigenvalue weighted by molar-refractivity contribution is 5.85. The zero-order valence-corrected chi connectivity index (χ0v) is 11.2. The van der Waals surface area contributed by atoms with Gasteiger partial charge in [-0.1, -0.05) is 42.5 Å². The van der Waals surface area contributed by atoms with E-state index in [1.165, 1.54) is 16.3 Å². The number of rotatable bonds is 2. The van der Waals surface area contributed by atoms with Crippen molar-refractivity contribution in [3.63, 3.8) is 0 Å². The summed E-state index contributed by atoms with van der Waals surface area (Å²) in [7, 11) is 0. The van der Waals surface area contributed by atoms with Gasteiger partial charge in [0.05, 0.1) is 0 Å². The third-order valence-electron chi connectivity index (χ3n) is 3.58. The Morgan fingerprint density at radius 2 is 1.89 bits per heavy atom. The molecule has 1 unspecified atom stereocenters.